The van der Waals surface area contributed by atoms with Gasteiger partial charge in [0.25, 0.3) is 11.8 Å². The molecule has 0 aliphatic heterocycles. The van der Waals surface area contributed by atoms with Crippen LogP contribution in [0.1, 0.15) is 34.6 Å². The van der Waals surface area contributed by atoms with Crippen molar-refractivity contribution in [2.75, 3.05) is 29.5 Å². The van der Waals surface area contributed by atoms with Crippen molar-refractivity contribution in [2.45, 2.75) is 13.8 Å². The summed E-state index contributed by atoms with van der Waals surface area (Å²) in [6, 6.07) is 26.2. The number of nitrogens with two attached hydrogens (primary N) is 1. The van der Waals surface area contributed by atoms with Gasteiger partial charge < -0.3 is 21.3 Å². The van der Waals surface area contributed by atoms with Gasteiger partial charge in [-0.15, -0.1) is 0 Å². The van der Waals surface area contributed by atoms with Crippen LogP contribution in [0.3, 0.4) is 0 Å². The molecule has 0 unspecified atom stereocenters. The van der Waals surface area contributed by atoms with E-state index < -0.39 is 0 Å². The van der Waals surface area contributed by atoms with Crippen molar-refractivity contribution in [3.63, 3.8) is 0 Å². The van der Waals surface area contributed by atoms with Gasteiger partial charge in [0.15, 0.2) is 0 Å². The van der Waals surface area contributed by atoms with Gasteiger partial charge in [-0.25, -0.2) is 0 Å². The quantitative estimate of drug-likeness (QED) is 0.305. The smallest absolute Gasteiger partial charge is 0.255 e. The Bertz CT molecular complexity index is 1320. The topological polar surface area (TPSA) is 87.5 Å². The highest BCUT2D eigenvalue weighted by Crippen LogP contribution is 2.30. The summed E-state index contributed by atoms with van der Waals surface area (Å²) in [6.45, 7) is 5.21. The summed E-state index contributed by atoms with van der Waals surface area (Å²) in [4.78, 5) is 27.1. The van der Waals surface area contributed by atoms with E-state index in [4.69, 9.17) is 5.73 Å². The summed E-state index contributed by atoms with van der Waals surface area (Å²) >= 11 is 0. The first-order valence-corrected chi connectivity index (χ1v) is 11.3. The lowest BCUT2D eigenvalue weighted by molar-refractivity contribution is 0.0773. The van der Waals surface area contributed by atoms with Gasteiger partial charge in [-0.1, -0.05) is 36.4 Å². The highest BCUT2D eigenvalue weighted by Gasteiger charge is 2.14. The standard InChI is InChI=1S/C28H28N4O2/c1-3-32(4-2)28(34)20-12-15-22(16-13-20)30-27(33)21-14-17-24(29)26(18-21)31-25-11-7-9-19-8-5-6-10-23(19)25/h5-18,31H,3-4,29H2,1-2H3,(H,30,33). The number of carbonyl (C=O) groups excluding carboxylic acids is 2. The molecule has 4 aromatic rings. The second kappa shape index (κ2) is 10.1. The molecule has 0 spiro atoms. The number of amides is 2. The summed E-state index contributed by atoms with van der Waals surface area (Å²) in [5.74, 6) is -0.283. The van der Waals surface area contributed by atoms with E-state index in [9.17, 15) is 9.59 Å². The average molecular weight is 453 g/mol. The van der Waals surface area contributed by atoms with Crippen molar-refractivity contribution in [1.29, 1.82) is 0 Å². The van der Waals surface area contributed by atoms with Crippen LogP contribution in [-0.4, -0.2) is 29.8 Å². The highest BCUT2D eigenvalue weighted by molar-refractivity contribution is 6.06. The number of hydrogen-bond acceptors (Lipinski definition) is 4. The summed E-state index contributed by atoms with van der Waals surface area (Å²) in [7, 11) is 0. The second-order valence-electron chi connectivity index (χ2n) is 7.96. The zero-order chi connectivity index (χ0) is 24.1. The number of benzene rings is 4. The van der Waals surface area contributed by atoms with Crippen LogP contribution in [0.2, 0.25) is 0 Å². The van der Waals surface area contributed by atoms with Crippen LogP contribution in [0.5, 0.6) is 0 Å². The van der Waals surface area contributed by atoms with Gasteiger partial charge in [-0.2, -0.15) is 0 Å². The number of fused-ring (bicyclic) bond motifs is 1. The molecule has 6 nitrogen and oxygen atoms in total. The minimum absolute atomic E-state index is 0.0226. The fourth-order valence-corrected chi connectivity index (χ4v) is 3.88. The predicted octanol–water partition coefficient (Wildman–Crippen LogP) is 5.90. The zero-order valence-electron chi connectivity index (χ0n) is 19.3. The van der Waals surface area contributed by atoms with E-state index in [1.54, 1.807) is 47.4 Å². The second-order valence-corrected chi connectivity index (χ2v) is 7.96. The molecule has 0 aliphatic carbocycles. The van der Waals surface area contributed by atoms with E-state index in [0.29, 0.717) is 41.3 Å². The number of nitrogens with one attached hydrogen (secondary N) is 2. The van der Waals surface area contributed by atoms with Crippen molar-refractivity contribution in [3.8, 4) is 0 Å². The van der Waals surface area contributed by atoms with Crippen LogP contribution < -0.4 is 16.4 Å². The van der Waals surface area contributed by atoms with E-state index in [0.717, 1.165) is 16.5 Å². The number of nitrogen functional groups attached to an aromatic ring is 1. The van der Waals surface area contributed by atoms with Gasteiger partial charge in [0.05, 0.1) is 11.4 Å². The summed E-state index contributed by atoms with van der Waals surface area (Å²) in [5, 5.41) is 8.44. The molecule has 6 heteroatoms. The minimum atomic E-state index is -0.260. The molecule has 0 heterocycles. The number of nitrogens with zero attached hydrogens (tertiary/aromatic N) is 1. The summed E-state index contributed by atoms with van der Waals surface area (Å²) < 4.78 is 0. The van der Waals surface area contributed by atoms with Crippen LogP contribution in [0, 0.1) is 0 Å². The van der Waals surface area contributed by atoms with E-state index in [2.05, 4.69) is 22.8 Å². The molecule has 0 saturated carbocycles. The van der Waals surface area contributed by atoms with Crippen LogP contribution in [0.4, 0.5) is 22.7 Å². The van der Waals surface area contributed by atoms with Gasteiger partial charge >= 0.3 is 0 Å². The van der Waals surface area contributed by atoms with Gasteiger partial charge in [0.1, 0.15) is 0 Å². The fraction of sp³-hybridized carbons (Fsp3) is 0.143. The molecule has 0 aliphatic rings. The maximum Gasteiger partial charge on any atom is 0.255 e. The molecule has 0 atom stereocenters. The van der Waals surface area contributed by atoms with Crippen molar-refractivity contribution < 1.29 is 9.59 Å². The largest absolute Gasteiger partial charge is 0.397 e. The lowest BCUT2D eigenvalue weighted by Gasteiger charge is -2.18. The number of anilines is 4. The molecule has 4 rings (SSSR count). The molecule has 0 fully saturated rings. The SMILES string of the molecule is CCN(CC)C(=O)c1ccc(NC(=O)c2ccc(N)c(Nc3cccc4ccccc34)c2)cc1. The van der Waals surface area contributed by atoms with E-state index >= 15 is 0 Å². The molecule has 4 N–H and O–H groups in total. The van der Waals surface area contributed by atoms with Gasteiger partial charge in [0, 0.05) is 41.0 Å². The Hall–Kier alpha value is -4.32. The lowest BCUT2D eigenvalue weighted by atomic mass is 10.1. The number of carbonyl (C=O) groups is 2. The minimum Gasteiger partial charge on any atom is -0.397 e. The van der Waals surface area contributed by atoms with Crippen LogP contribution in [-0.2, 0) is 0 Å². The summed E-state index contributed by atoms with van der Waals surface area (Å²) in [6.07, 6.45) is 0. The Balaban J connectivity index is 1.51. The Morgan fingerprint density at radius 3 is 2.21 bits per heavy atom. The first kappa shape index (κ1) is 22.9. The molecule has 4 aromatic carbocycles. The Morgan fingerprint density at radius 1 is 0.794 bits per heavy atom. The fourth-order valence-electron chi connectivity index (χ4n) is 3.88. The monoisotopic (exact) mass is 452 g/mol. The predicted molar refractivity (Wildman–Crippen MR) is 140 cm³/mol. The van der Waals surface area contributed by atoms with Gasteiger partial charge in [-0.05, 0) is 67.8 Å². The number of hydrogen-bond donors (Lipinski definition) is 3. The van der Waals surface area contributed by atoms with Crippen molar-refractivity contribution in [3.05, 3.63) is 96.1 Å². The lowest BCUT2D eigenvalue weighted by Crippen LogP contribution is -2.30. The molecule has 2 amide bonds. The maximum atomic E-state index is 12.9. The molecule has 0 saturated heterocycles. The Kier molecular flexibility index (Phi) is 6.78. The van der Waals surface area contributed by atoms with Crippen LogP contribution >= 0.6 is 0 Å². The molecule has 0 radical (unpaired) electrons. The van der Waals surface area contributed by atoms with Crippen molar-refractivity contribution in [1.82, 2.24) is 4.90 Å². The molecule has 0 aromatic heterocycles. The zero-order valence-corrected chi connectivity index (χ0v) is 19.3. The van der Waals surface area contributed by atoms with Gasteiger partial charge in [-0.3, -0.25) is 9.59 Å². The van der Waals surface area contributed by atoms with Crippen molar-refractivity contribution in [2.24, 2.45) is 0 Å². The molecule has 34 heavy (non-hydrogen) atoms. The van der Waals surface area contributed by atoms with Crippen LogP contribution in [0.15, 0.2) is 84.9 Å². The average Bonchev–Trinajstić information content (AvgIpc) is 2.86. The summed E-state index contributed by atoms with van der Waals surface area (Å²) in [5.41, 5.74) is 9.99. The number of rotatable bonds is 7. The maximum absolute atomic E-state index is 12.9. The Labute approximate surface area is 199 Å². The van der Waals surface area contributed by atoms with Crippen molar-refractivity contribution >= 4 is 45.3 Å². The third kappa shape index (κ3) is 4.86. The Morgan fingerprint density at radius 2 is 1.47 bits per heavy atom. The van der Waals surface area contributed by atoms with Crippen LogP contribution in [0.25, 0.3) is 10.8 Å². The molecule has 172 valence electrons. The van der Waals surface area contributed by atoms with E-state index in [1.165, 1.54) is 0 Å². The van der Waals surface area contributed by atoms with E-state index in [1.807, 2.05) is 44.2 Å². The normalized spacial score (nSPS) is 10.6. The third-order valence-electron chi connectivity index (χ3n) is 5.81. The highest BCUT2D eigenvalue weighted by atomic mass is 16.2. The first-order chi connectivity index (χ1) is 16.5. The molecule has 0 bridgehead atoms. The molecular weight excluding hydrogens is 424 g/mol. The van der Waals surface area contributed by atoms with E-state index in [-0.39, 0.29) is 11.8 Å². The van der Waals surface area contributed by atoms with Gasteiger partial charge in [0.2, 0.25) is 0 Å². The third-order valence-corrected chi connectivity index (χ3v) is 5.81. The molecular formula is C28H28N4O2. The first-order valence-electron chi connectivity index (χ1n) is 11.3.